The van der Waals surface area contributed by atoms with Gasteiger partial charge in [-0.2, -0.15) is 11.7 Å². The molecule has 5 heteroatoms. The monoisotopic (exact) mass is 259 g/mol. The Labute approximate surface area is 110 Å². The Kier molecular flexibility index (Phi) is 5.58. The lowest BCUT2D eigenvalue weighted by Gasteiger charge is -2.23. The minimum Gasteiger partial charge on any atom is -1.00 e. The molecule has 17 heavy (non-hydrogen) atoms. The molecule has 0 aliphatic heterocycles. The van der Waals surface area contributed by atoms with Crippen LogP contribution in [-0.4, -0.2) is 37.4 Å². The Bertz CT molecular complexity index is 300. The van der Waals surface area contributed by atoms with Gasteiger partial charge in [0.25, 0.3) is 0 Å². The maximum atomic E-state index is 5.92. The van der Waals surface area contributed by atoms with Crippen LogP contribution in [0.1, 0.15) is 11.1 Å². The van der Waals surface area contributed by atoms with Gasteiger partial charge in [0.15, 0.2) is 0 Å². The first-order chi connectivity index (χ1) is 7.16. The molecule has 4 nitrogen and oxygen atoms in total. The summed E-state index contributed by atoms with van der Waals surface area (Å²) >= 11 is 0. The zero-order chi connectivity index (χ0) is 12.4. The second-order valence-corrected chi connectivity index (χ2v) is 5.69. The molecule has 0 atom stereocenters. The van der Waals surface area contributed by atoms with Gasteiger partial charge in [-0.05, 0) is 0 Å². The van der Waals surface area contributed by atoms with Gasteiger partial charge in [-0.3, -0.25) is 0 Å². The van der Waals surface area contributed by atoms with Crippen LogP contribution in [0.15, 0.2) is 24.3 Å². The molecule has 0 radical (unpaired) electrons. The first-order valence-electron chi connectivity index (χ1n) is 5.47. The van der Waals surface area contributed by atoms with Crippen molar-refractivity contribution in [2.24, 2.45) is 11.7 Å². The van der Waals surface area contributed by atoms with Gasteiger partial charge in [-0.25, -0.2) is 9.18 Å². The minimum absolute atomic E-state index is 0. The lowest BCUT2D eigenvalue weighted by Crippen LogP contribution is -3.00. The van der Waals surface area contributed by atoms with Crippen LogP contribution in [0.4, 0.5) is 0 Å². The van der Waals surface area contributed by atoms with Crippen molar-refractivity contribution in [2.45, 2.75) is 13.1 Å². The summed E-state index contributed by atoms with van der Waals surface area (Å²) in [6.45, 7) is 1.67. The van der Waals surface area contributed by atoms with Crippen LogP contribution in [0.5, 0.6) is 0 Å². The number of nitrogens with two attached hydrogens (primary N) is 2. The van der Waals surface area contributed by atoms with E-state index in [-0.39, 0.29) is 12.4 Å². The molecule has 1 aromatic rings. The third kappa shape index (κ3) is 7.31. The fourth-order valence-electron chi connectivity index (χ4n) is 1.69. The summed E-state index contributed by atoms with van der Waals surface area (Å²) in [4.78, 5) is 0. The maximum Gasteiger partial charge on any atom is 0.121 e. The Morgan fingerprint density at radius 3 is 1.18 bits per heavy atom. The van der Waals surface area contributed by atoms with E-state index in [4.69, 9.17) is 11.7 Å². The standard InChI is InChI=1S/C12H24N4.ClH/c1-15(2,13)9-11-5-7-12(8-6-11)10-16(3,4)14;/h5-8H,9-10,13-14H2,1-4H3;1H/q+2;/p-1. The third-order valence-corrected chi connectivity index (χ3v) is 2.20. The van der Waals surface area contributed by atoms with E-state index < -0.39 is 0 Å². The van der Waals surface area contributed by atoms with E-state index in [1.165, 1.54) is 11.1 Å². The molecule has 0 aliphatic carbocycles. The number of nitrogens with zero attached hydrogens (tertiary/aromatic N) is 2. The van der Waals surface area contributed by atoms with Crippen LogP contribution in [0.25, 0.3) is 0 Å². The molecule has 4 N–H and O–H groups in total. The number of hydrogen-bond acceptors (Lipinski definition) is 2. The SMILES string of the molecule is C[N+](C)(N)Cc1ccc(C[N+](C)(C)N)cc1.[Cl-]. The Hall–Kier alpha value is -0.650. The number of hydrogen-bond donors (Lipinski definition) is 2. The fourth-order valence-corrected chi connectivity index (χ4v) is 1.69. The molecule has 0 aliphatic rings. The van der Waals surface area contributed by atoms with Crippen LogP contribution in [0, 0.1) is 0 Å². The lowest BCUT2D eigenvalue weighted by molar-refractivity contribution is -0.915. The van der Waals surface area contributed by atoms with Gasteiger partial charge in [0.05, 0.1) is 28.2 Å². The highest BCUT2D eigenvalue weighted by Crippen LogP contribution is 2.10. The van der Waals surface area contributed by atoms with E-state index in [9.17, 15) is 0 Å². The average Bonchev–Trinajstić information content (AvgIpc) is 2.03. The molecular formula is C12H24ClN4+. The maximum absolute atomic E-state index is 5.92. The van der Waals surface area contributed by atoms with Crippen molar-refractivity contribution < 1.29 is 21.6 Å². The third-order valence-electron chi connectivity index (χ3n) is 2.20. The molecular weight excluding hydrogens is 236 g/mol. The van der Waals surface area contributed by atoms with Gasteiger partial charge in [-0.15, -0.1) is 0 Å². The molecule has 1 rings (SSSR count). The Balaban J connectivity index is 0.00000256. The minimum atomic E-state index is 0. The molecule has 0 saturated heterocycles. The number of quaternary nitrogens is 2. The molecule has 0 unspecified atom stereocenters. The molecule has 1 aromatic carbocycles. The summed E-state index contributed by atoms with van der Waals surface area (Å²) in [5.41, 5.74) is 2.50. The quantitative estimate of drug-likeness (QED) is 0.360. The van der Waals surface area contributed by atoms with E-state index in [2.05, 4.69) is 24.3 Å². The van der Waals surface area contributed by atoms with Crippen molar-refractivity contribution in [1.82, 2.24) is 0 Å². The predicted molar refractivity (Wildman–Crippen MR) is 66.4 cm³/mol. The number of rotatable bonds is 4. The zero-order valence-electron chi connectivity index (χ0n) is 11.2. The van der Waals surface area contributed by atoms with E-state index in [0.717, 1.165) is 13.1 Å². The Morgan fingerprint density at radius 2 is 1.00 bits per heavy atom. The van der Waals surface area contributed by atoms with Crippen molar-refractivity contribution in [2.75, 3.05) is 28.2 Å². The van der Waals surface area contributed by atoms with Gasteiger partial charge in [0.1, 0.15) is 13.1 Å². The predicted octanol–water partition coefficient (Wildman–Crippen LogP) is -2.41. The van der Waals surface area contributed by atoms with Gasteiger partial charge in [-0.1, -0.05) is 24.3 Å². The van der Waals surface area contributed by atoms with Crippen molar-refractivity contribution in [1.29, 1.82) is 0 Å². The number of halogens is 1. The van der Waals surface area contributed by atoms with Gasteiger partial charge in [0.2, 0.25) is 0 Å². The summed E-state index contributed by atoms with van der Waals surface area (Å²) < 4.78 is 0.912. The molecule has 98 valence electrons. The average molecular weight is 260 g/mol. The first kappa shape index (κ1) is 16.4. The molecule has 0 amide bonds. The van der Waals surface area contributed by atoms with Crippen LogP contribution in [0.3, 0.4) is 0 Å². The summed E-state index contributed by atoms with van der Waals surface area (Å²) in [5, 5.41) is 0. The first-order valence-corrected chi connectivity index (χ1v) is 5.47. The highest BCUT2D eigenvalue weighted by molar-refractivity contribution is 5.21. The molecule has 0 aromatic heterocycles. The Morgan fingerprint density at radius 1 is 0.765 bits per heavy atom. The van der Waals surface area contributed by atoms with Crippen molar-refractivity contribution in [3.8, 4) is 0 Å². The van der Waals surface area contributed by atoms with E-state index in [1.807, 2.05) is 28.2 Å². The summed E-state index contributed by atoms with van der Waals surface area (Å²) in [5.74, 6) is 11.8. The van der Waals surface area contributed by atoms with Gasteiger partial charge in [0, 0.05) is 11.1 Å². The van der Waals surface area contributed by atoms with Gasteiger partial charge < -0.3 is 12.4 Å². The largest absolute Gasteiger partial charge is 1.00 e. The zero-order valence-corrected chi connectivity index (χ0v) is 11.9. The second kappa shape index (κ2) is 5.80. The van der Waals surface area contributed by atoms with Crippen LogP contribution >= 0.6 is 0 Å². The molecule has 0 saturated carbocycles. The summed E-state index contributed by atoms with van der Waals surface area (Å²) in [6.07, 6.45) is 0. The van der Waals surface area contributed by atoms with Crippen LogP contribution in [0.2, 0.25) is 0 Å². The summed E-state index contributed by atoms with van der Waals surface area (Å²) in [7, 11) is 7.92. The smallest absolute Gasteiger partial charge is 0.121 e. The van der Waals surface area contributed by atoms with Crippen molar-refractivity contribution in [3.05, 3.63) is 35.4 Å². The topological polar surface area (TPSA) is 52.0 Å². The fraction of sp³-hybridized carbons (Fsp3) is 0.500. The molecule has 0 fully saturated rings. The van der Waals surface area contributed by atoms with Crippen LogP contribution < -0.4 is 24.1 Å². The highest BCUT2D eigenvalue weighted by Gasteiger charge is 2.12. The van der Waals surface area contributed by atoms with Crippen molar-refractivity contribution in [3.63, 3.8) is 0 Å². The highest BCUT2D eigenvalue weighted by atomic mass is 35.5. The molecule has 0 heterocycles. The molecule has 0 bridgehead atoms. The second-order valence-electron chi connectivity index (χ2n) is 5.69. The van der Waals surface area contributed by atoms with E-state index in [0.29, 0.717) is 9.18 Å². The van der Waals surface area contributed by atoms with E-state index in [1.54, 1.807) is 0 Å². The normalized spacial score (nSPS) is 12.1. The van der Waals surface area contributed by atoms with Crippen molar-refractivity contribution >= 4 is 0 Å². The van der Waals surface area contributed by atoms with E-state index >= 15 is 0 Å². The summed E-state index contributed by atoms with van der Waals surface area (Å²) in [6, 6.07) is 8.49. The van der Waals surface area contributed by atoms with Crippen LogP contribution in [-0.2, 0) is 13.1 Å². The lowest BCUT2D eigenvalue weighted by atomic mass is 10.1. The van der Waals surface area contributed by atoms with Gasteiger partial charge >= 0.3 is 0 Å². The molecule has 0 spiro atoms. The number of benzene rings is 1.